The highest BCUT2D eigenvalue weighted by Gasteiger charge is 2.36. The quantitative estimate of drug-likeness (QED) is 0.851. The van der Waals surface area contributed by atoms with E-state index in [1.54, 1.807) is 24.0 Å². The first-order chi connectivity index (χ1) is 9.93. The fourth-order valence-corrected chi connectivity index (χ4v) is 2.43. The molecule has 5 heteroatoms. The maximum Gasteiger partial charge on any atom is 0.227 e. The number of amides is 2. The highest BCUT2D eigenvalue weighted by molar-refractivity contribution is 6.00. The lowest BCUT2D eigenvalue weighted by Crippen LogP contribution is -2.38. The van der Waals surface area contributed by atoms with Gasteiger partial charge in [-0.25, -0.2) is 0 Å². The van der Waals surface area contributed by atoms with Gasteiger partial charge in [-0.3, -0.25) is 9.59 Å². The minimum Gasteiger partial charge on any atom is -0.497 e. The molecular formula is C16H22N2O3. The van der Waals surface area contributed by atoms with Crippen molar-refractivity contribution < 1.29 is 14.3 Å². The van der Waals surface area contributed by atoms with Gasteiger partial charge in [0.1, 0.15) is 5.75 Å². The van der Waals surface area contributed by atoms with Crippen LogP contribution in [0.15, 0.2) is 24.3 Å². The van der Waals surface area contributed by atoms with Gasteiger partial charge in [-0.1, -0.05) is 0 Å². The summed E-state index contributed by atoms with van der Waals surface area (Å²) in [7, 11) is 3.39. The Hall–Kier alpha value is -2.04. The molecule has 21 heavy (non-hydrogen) atoms. The maximum absolute atomic E-state index is 12.3. The first-order valence-electron chi connectivity index (χ1n) is 7.15. The minimum atomic E-state index is -0.257. The zero-order valence-corrected chi connectivity index (χ0v) is 13.0. The fourth-order valence-electron chi connectivity index (χ4n) is 2.43. The summed E-state index contributed by atoms with van der Waals surface area (Å²) in [5.74, 6) is 0.523. The molecule has 1 aromatic carbocycles. The van der Waals surface area contributed by atoms with E-state index in [1.165, 1.54) is 0 Å². The number of hydrogen-bond donors (Lipinski definition) is 0. The highest BCUT2D eigenvalue weighted by atomic mass is 16.5. The molecule has 1 aliphatic rings. The van der Waals surface area contributed by atoms with Crippen molar-refractivity contribution in [3.63, 3.8) is 0 Å². The number of carbonyl (C=O) groups excluding carboxylic acids is 2. The Morgan fingerprint density at radius 2 is 1.95 bits per heavy atom. The summed E-state index contributed by atoms with van der Waals surface area (Å²) >= 11 is 0. The first kappa shape index (κ1) is 15.4. The van der Waals surface area contributed by atoms with E-state index in [1.807, 2.05) is 38.1 Å². The summed E-state index contributed by atoms with van der Waals surface area (Å²) in [6.45, 7) is 4.38. The zero-order valence-electron chi connectivity index (χ0n) is 13.0. The number of nitrogens with zero attached hydrogens (tertiary/aromatic N) is 2. The molecule has 1 saturated heterocycles. The predicted molar refractivity (Wildman–Crippen MR) is 81.4 cm³/mol. The van der Waals surface area contributed by atoms with Crippen LogP contribution < -0.4 is 9.64 Å². The Morgan fingerprint density at radius 1 is 1.33 bits per heavy atom. The number of anilines is 1. The molecule has 2 rings (SSSR count). The first-order valence-corrected chi connectivity index (χ1v) is 7.15. The lowest BCUT2D eigenvalue weighted by atomic mass is 10.1. The summed E-state index contributed by atoms with van der Waals surface area (Å²) in [6, 6.07) is 7.46. The molecule has 5 nitrogen and oxygen atoms in total. The van der Waals surface area contributed by atoms with Crippen molar-refractivity contribution in [3.8, 4) is 5.75 Å². The molecule has 0 bridgehead atoms. The molecule has 114 valence electrons. The van der Waals surface area contributed by atoms with E-state index in [2.05, 4.69) is 0 Å². The third kappa shape index (κ3) is 3.17. The van der Waals surface area contributed by atoms with E-state index in [4.69, 9.17) is 4.74 Å². The number of methoxy groups -OCH3 is 1. The van der Waals surface area contributed by atoms with Crippen molar-refractivity contribution in [2.24, 2.45) is 5.92 Å². The Kier molecular flexibility index (Phi) is 4.50. The van der Waals surface area contributed by atoms with Gasteiger partial charge in [0.15, 0.2) is 0 Å². The van der Waals surface area contributed by atoms with Crippen LogP contribution in [-0.4, -0.2) is 43.5 Å². The van der Waals surface area contributed by atoms with Crippen LogP contribution in [0.2, 0.25) is 0 Å². The summed E-state index contributed by atoms with van der Waals surface area (Å²) < 4.78 is 5.11. The molecule has 1 aliphatic heterocycles. The van der Waals surface area contributed by atoms with E-state index in [-0.39, 0.29) is 30.2 Å². The van der Waals surface area contributed by atoms with E-state index >= 15 is 0 Å². The Morgan fingerprint density at radius 3 is 2.48 bits per heavy atom. The summed E-state index contributed by atoms with van der Waals surface area (Å²) in [5.41, 5.74) is 0.809. The van der Waals surface area contributed by atoms with Crippen molar-refractivity contribution in [1.29, 1.82) is 0 Å². The predicted octanol–water partition coefficient (Wildman–Crippen LogP) is 1.91. The van der Waals surface area contributed by atoms with Gasteiger partial charge >= 0.3 is 0 Å². The normalized spacial score (nSPS) is 18.2. The molecule has 0 aliphatic carbocycles. The van der Waals surface area contributed by atoms with Gasteiger partial charge in [-0.15, -0.1) is 0 Å². The average molecular weight is 290 g/mol. The third-order valence-electron chi connectivity index (χ3n) is 3.98. The molecule has 1 heterocycles. The maximum atomic E-state index is 12.3. The lowest BCUT2D eigenvalue weighted by molar-refractivity contribution is -0.135. The summed E-state index contributed by atoms with van der Waals surface area (Å²) in [4.78, 5) is 27.9. The second kappa shape index (κ2) is 6.16. The van der Waals surface area contributed by atoms with Crippen molar-refractivity contribution in [2.75, 3.05) is 25.6 Å². The molecule has 0 radical (unpaired) electrons. The summed E-state index contributed by atoms with van der Waals surface area (Å²) in [6.07, 6.45) is 0.280. The Balaban J connectivity index is 2.10. The molecule has 0 unspecified atom stereocenters. The molecular weight excluding hydrogens is 268 g/mol. The minimum absolute atomic E-state index is 0.00401. The van der Waals surface area contributed by atoms with Crippen molar-refractivity contribution >= 4 is 17.5 Å². The molecule has 0 N–H and O–H groups in total. The molecule has 1 atom stereocenters. The molecule has 0 saturated carbocycles. The van der Waals surface area contributed by atoms with E-state index < -0.39 is 0 Å². The smallest absolute Gasteiger partial charge is 0.227 e. The summed E-state index contributed by atoms with van der Waals surface area (Å²) in [5, 5.41) is 0. The van der Waals surface area contributed by atoms with Gasteiger partial charge in [0.25, 0.3) is 0 Å². The monoisotopic (exact) mass is 290 g/mol. The van der Waals surface area contributed by atoms with E-state index in [0.29, 0.717) is 6.54 Å². The third-order valence-corrected chi connectivity index (χ3v) is 3.98. The highest BCUT2D eigenvalue weighted by Crippen LogP contribution is 2.27. The standard InChI is InChI=1S/C16H22N2O3/c1-11(2)17(3)16(20)12-9-15(19)18(10-12)13-5-7-14(21-4)8-6-13/h5-8,11-12H,9-10H2,1-4H3/t12-/m0/s1. The zero-order chi connectivity index (χ0) is 15.6. The van der Waals surface area contributed by atoms with Gasteiger partial charge in [0.2, 0.25) is 11.8 Å². The van der Waals surface area contributed by atoms with Crippen molar-refractivity contribution in [2.45, 2.75) is 26.3 Å². The number of ether oxygens (including phenoxy) is 1. The van der Waals surface area contributed by atoms with Crippen LogP contribution in [0.3, 0.4) is 0 Å². The van der Waals surface area contributed by atoms with Crippen LogP contribution in [-0.2, 0) is 9.59 Å². The largest absolute Gasteiger partial charge is 0.497 e. The van der Waals surface area contributed by atoms with E-state index in [9.17, 15) is 9.59 Å². The van der Waals surface area contributed by atoms with Gasteiger partial charge in [0, 0.05) is 31.7 Å². The average Bonchev–Trinajstić information content (AvgIpc) is 2.87. The number of rotatable bonds is 4. The van der Waals surface area contributed by atoms with Crippen LogP contribution in [0.5, 0.6) is 5.75 Å². The Bertz CT molecular complexity index is 525. The second-order valence-corrected chi connectivity index (χ2v) is 5.65. The number of hydrogen-bond acceptors (Lipinski definition) is 3. The van der Waals surface area contributed by atoms with Crippen LogP contribution >= 0.6 is 0 Å². The lowest BCUT2D eigenvalue weighted by Gasteiger charge is -2.24. The van der Waals surface area contributed by atoms with Crippen LogP contribution in [0, 0.1) is 5.92 Å². The molecule has 0 spiro atoms. The molecule has 1 aromatic rings. The van der Waals surface area contributed by atoms with Crippen molar-refractivity contribution in [3.05, 3.63) is 24.3 Å². The Labute approximate surface area is 125 Å². The van der Waals surface area contributed by atoms with Gasteiger partial charge in [0.05, 0.1) is 13.0 Å². The molecule has 0 aromatic heterocycles. The number of benzene rings is 1. The number of carbonyl (C=O) groups is 2. The van der Waals surface area contributed by atoms with Gasteiger partial charge in [-0.05, 0) is 38.1 Å². The SMILES string of the molecule is COc1ccc(N2C[C@@H](C(=O)N(C)C(C)C)CC2=O)cc1. The van der Waals surface area contributed by atoms with Crippen LogP contribution in [0.25, 0.3) is 0 Å². The van der Waals surface area contributed by atoms with Gasteiger partial charge < -0.3 is 14.5 Å². The van der Waals surface area contributed by atoms with Crippen LogP contribution in [0.1, 0.15) is 20.3 Å². The van der Waals surface area contributed by atoms with E-state index in [0.717, 1.165) is 11.4 Å². The van der Waals surface area contributed by atoms with Crippen LogP contribution in [0.4, 0.5) is 5.69 Å². The fraction of sp³-hybridized carbons (Fsp3) is 0.500. The molecule has 2 amide bonds. The van der Waals surface area contributed by atoms with Crippen molar-refractivity contribution in [1.82, 2.24) is 4.90 Å². The molecule has 1 fully saturated rings. The van der Waals surface area contributed by atoms with Gasteiger partial charge in [-0.2, -0.15) is 0 Å². The second-order valence-electron chi connectivity index (χ2n) is 5.65. The topological polar surface area (TPSA) is 49.9 Å².